The summed E-state index contributed by atoms with van der Waals surface area (Å²) in [6, 6.07) is 7.04. The van der Waals surface area contributed by atoms with Gasteiger partial charge in [-0.05, 0) is 37.8 Å². The lowest BCUT2D eigenvalue weighted by molar-refractivity contribution is -0.120. The molecule has 31 heavy (non-hydrogen) atoms. The van der Waals surface area contributed by atoms with Crippen molar-refractivity contribution in [1.29, 1.82) is 0 Å². The molecule has 2 aliphatic carbocycles. The highest BCUT2D eigenvalue weighted by atomic mass is 32.1. The number of aromatic nitrogens is 1. The SMILES string of the molecule is O=C1NC(OC2CCC2)=NC(=N[C@@H]2C[C@H](CO)[C@@H](O)[C@H]2O)C1c1nc2ccccc2s1. The second kappa shape index (κ2) is 8.27. The first-order valence-electron chi connectivity index (χ1n) is 10.5. The topological polar surface area (TPSA) is 137 Å². The predicted molar refractivity (Wildman–Crippen MR) is 115 cm³/mol. The summed E-state index contributed by atoms with van der Waals surface area (Å²) < 4.78 is 6.74. The van der Waals surface area contributed by atoms with Gasteiger partial charge in [-0.3, -0.25) is 15.1 Å². The van der Waals surface area contributed by atoms with Crippen LogP contribution in [0.2, 0.25) is 0 Å². The number of hydrogen-bond acceptors (Lipinski definition) is 8. The fourth-order valence-electron chi connectivity index (χ4n) is 4.11. The molecule has 1 unspecified atom stereocenters. The van der Waals surface area contributed by atoms with E-state index in [2.05, 4.69) is 20.3 Å². The average Bonchev–Trinajstić information content (AvgIpc) is 3.26. The molecule has 3 aliphatic rings. The van der Waals surface area contributed by atoms with Gasteiger partial charge in [-0.2, -0.15) is 4.99 Å². The zero-order chi connectivity index (χ0) is 21.5. The van der Waals surface area contributed by atoms with E-state index >= 15 is 0 Å². The van der Waals surface area contributed by atoms with Crippen LogP contribution >= 0.6 is 11.3 Å². The van der Waals surface area contributed by atoms with Crippen LogP contribution in [0.4, 0.5) is 0 Å². The van der Waals surface area contributed by atoms with E-state index in [0.29, 0.717) is 11.4 Å². The molecule has 2 aromatic rings. The number of amidine groups is 2. The van der Waals surface area contributed by atoms with E-state index in [1.165, 1.54) is 11.3 Å². The predicted octanol–water partition coefficient (Wildman–Crippen LogP) is 0.936. The minimum Gasteiger partial charge on any atom is -0.461 e. The summed E-state index contributed by atoms with van der Waals surface area (Å²) in [5, 5.41) is 33.3. The molecule has 5 atom stereocenters. The van der Waals surface area contributed by atoms with Crippen LogP contribution in [0.15, 0.2) is 34.3 Å². The number of ether oxygens (including phenoxy) is 1. The third-order valence-electron chi connectivity index (χ3n) is 6.16. The third-order valence-corrected chi connectivity index (χ3v) is 7.26. The Morgan fingerprint density at radius 1 is 1.23 bits per heavy atom. The molecule has 2 fully saturated rings. The normalized spacial score (nSPS) is 32.7. The summed E-state index contributed by atoms with van der Waals surface area (Å²) in [4.78, 5) is 26.7. The molecule has 1 amide bonds. The molecule has 164 valence electrons. The van der Waals surface area contributed by atoms with E-state index in [9.17, 15) is 20.1 Å². The molecule has 4 N–H and O–H groups in total. The van der Waals surface area contributed by atoms with Crippen molar-refractivity contribution in [2.24, 2.45) is 15.9 Å². The Balaban J connectivity index is 1.52. The maximum atomic E-state index is 13.1. The standard InChI is InChI=1S/C21H24N4O5S/c26-9-10-8-13(17(28)16(10)27)22-18-15(20-23-12-6-1-2-7-14(12)31-20)19(29)25-21(24-18)30-11-4-3-5-11/h1-2,6-7,10-11,13,15-17,26-28H,3-5,8-9H2,(H,22,24,25,29)/t10-,13-,15?,16-,17+/m1/s1. The third kappa shape index (κ3) is 3.84. The zero-order valence-electron chi connectivity index (χ0n) is 16.7. The smallest absolute Gasteiger partial charge is 0.298 e. The Morgan fingerprint density at radius 3 is 2.71 bits per heavy atom. The molecule has 5 rings (SSSR count). The van der Waals surface area contributed by atoms with Crippen molar-refractivity contribution in [3.05, 3.63) is 29.3 Å². The Morgan fingerprint density at radius 2 is 2.03 bits per heavy atom. The molecule has 2 saturated carbocycles. The van der Waals surface area contributed by atoms with Crippen LogP contribution in [0, 0.1) is 5.92 Å². The fourth-order valence-corrected chi connectivity index (χ4v) is 5.17. The van der Waals surface area contributed by atoms with Gasteiger partial charge >= 0.3 is 0 Å². The van der Waals surface area contributed by atoms with Crippen LogP contribution in [0.5, 0.6) is 0 Å². The molecular weight excluding hydrogens is 420 g/mol. The first-order chi connectivity index (χ1) is 15.0. The summed E-state index contributed by atoms with van der Waals surface area (Å²) in [5.41, 5.74) is 0.784. The first kappa shape index (κ1) is 20.5. The van der Waals surface area contributed by atoms with Crippen LogP contribution in [0.1, 0.15) is 36.6 Å². The number of thiazole rings is 1. The summed E-state index contributed by atoms with van der Waals surface area (Å²) in [6.45, 7) is -0.249. The van der Waals surface area contributed by atoms with E-state index in [-0.39, 0.29) is 30.5 Å². The molecule has 0 bridgehead atoms. The molecule has 1 aromatic heterocycles. The van der Waals surface area contributed by atoms with E-state index < -0.39 is 30.1 Å². The molecule has 0 radical (unpaired) electrons. The summed E-state index contributed by atoms with van der Waals surface area (Å²) in [7, 11) is 0. The zero-order valence-corrected chi connectivity index (χ0v) is 17.5. The van der Waals surface area contributed by atoms with Crippen molar-refractivity contribution in [2.45, 2.75) is 56.0 Å². The first-order valence-corrected chi connectivity index (χ1v) is 11.3. The quantitative estimate of drug-likeness (QED) is 0.554. The Kier molecular flexibility index (Phi) is 5.47. The van der Waals surface area contributed by atoms with Crippen molar-refractivity contribution < 1.29 is 24.9 Å². The largest absolute Gasteiger partial charge is 0.461 e. The van der Waals surface area contributed by atoms with Crippen LogP contribution in [-0.4, -0.2) is 69.0 Å². The molecule has 9 nitrogen and oxygen atoms in total. The van der Waals surface area contributed by atoms with Gasteiger partial charge in [0.2, 0.25) is 5.91 Å². The molecule has 0 spiro atoms. The molecule has 1 aliphatic heterocycles. The van der Waals surface area contributed by atoms with Crippen molar-refractivity contribution in [3.8, 4) is 0 Å². The number of amides is 1. The lowest BCUT2D eigenvalue weighted by Gasteiger charge is -2.29. The van der Waals surface area contributed by atoms with Gasteiger partial charge in [0.15, 0.2) is 0 Å². The number of rotatable bonds is 4. The molecule has 2 heterocycles. The summed E-state index contributed by atoms with van der Waals surface area (Å²) in [5.74, 6) is -1.46. The van der Waals surface area contributed by atoms with Crippen molar-refractivity contribution >= 4 is 39.3 Å². The lowest BCUT2D eigenvalue weighted by atomic mass is 9.96. The summed E-state index contributed by atoms with van der Waals surface area (Å²) in [6.07, 6.45) is 1.00. The number of carbonyl (C=O) groups is 1. The second-order valence-corrected chi connectivity index (χ2v) is 9.31. The van der Waals surface area contributed by atoms with Crippen LogP contribution < -0.4 is 5.32 Å². The van der Waals surface area contributed by atoms with Crippen LogP contribution in [0.25, 0.3) is 10.2 Å². The average molecular weight is 445 g/mol. The number of fused-ring (bicyclic) bond motifs is 1. The van der Waals surface area contributed by atoms with Crippen LogP contribution in [0.3, 0.4) is 0 Å². The Bertz CT molecular complexity index is 1020. The van der Waals surface area contributed by atoms with E-state index in [4.69, 9.17) is 4.74 Å². The lowest BCUT2D eigenvalue weighted by Crippen LogP contribution is -2.46. The van der Waals surface area contributed by atoms with Gasteiger partial charge in [-0.1, -0.05) is 12.1 Å². The Labute approximate surface area is 182 Å². The maximum Gasteiger partial charge on any atom is 0.298 e. The number of hydrogen-bond donors (Lipinski definition) is 4. The number of para-hydroxylation sites is 1. The summed E-state index contributed by atoms with van der Waals surface area (Å²) >= 11 is 1.39. The number of aliphatic hydroxyl groups excluding tert-OH is 3. The van der Waals surface area contributed by atoms with Gasteiger partial charge in [-0.25, -0.2) is 4.98 Å². The maximum absolute atomic E-state index is 13.1. The molecular formula is C21H24N4O5S. The van der Waals surface area contributed by atoms with Crippen LogP contribution in [-0.2, 0) is 9.53 Å². The van der Waals surface area contributed by atoms with Crippen molar-refractivity contribution in [3.63, 3.8) is 0 Å². The number of nitrogens with one attached hydrogen (secondary N) is 1. The molecule has 1 aromatic carbocycles. The minimum atomic E-state index is -1.14. The minimum absolute atomic E-state index is 0.0250. The molecule has 10 heteroatoms. The van der Waals surface area contributed by atoms with Gasteiger partial charge in [0, 0.05) is 12.5 Å². The molecule has 0 saturated heterocycles. The van der Waals surface area contributed by atoms with Gasteiger partial charge in [0.05, 0.1) is 22.4 Å². The van der Waals surface area contributed by atoms with Gasteiger partial charge in [0.1, 0.15) is 29.0 Å². The highest BCUT2D eigenvalue weighted by Gasteiger charge is 2.43. The number of aliphatic imine (C=N–C) groups is 2. The highest BCUT2D eigenvalue weighted by molar-refractivity contribution is 7.18. The van der Waals surface area contributed by atoms with Crippen molar-refractivity contribution in [1.82, 2.24) is 10.3 Å². The van der Waals surface area contributed by atoms with Gasteiger partial charge < -0.3 is 20.1 Å². The highest BCUT2D eigenvalue weighted by Crippen LogP contribution is 2.34. The van der Waals surface area contributed by atoms with Crippen molar-refractivity contribution in [2.75, 3.05) is 6.61 Å². The van der Waals surface area contributed by atoms with Gasteiger partial charge in [-0.15, -0.1) is 11.3 Å². The second-order valence-electron chi connectivity index (χ2n) is 8.24. The number of carbonyl (C=O) groups excluding carboxylic acids is 1. The number of aliphatic hydroxyl groups is 3. The van der Waals surface area contributed by atoms with Gasteiger partial charge in [0.25, 0.3) is 6.02 Å². The van der Waals surface area contributed by atoms with E-state index in [1.807, 2.05) is 24.3 Å². The number of benzene rings is 1. The number of nitrogens with zero attached hydrogens (tertiary/aromatic N) is 3. The Hall–Kier alpha value is -2.40. The monoisotopic (exact) mass is 444 g/mol. The van der Waals surface area contributed by atoms with E-state index in [1.54, 1.807) is 0 Å². The van der Waals surface area contributed by atoms with E-state index in [0.717, 1.165) is 29.5 Å². The fraction of sp³-hybridized carbons (Fsp3) is 0.524.